The highest BCUT2D eigenvalue weighted by molar-refractivity contribution is 7.90. The molecule has 2 aliphatic rings. The Bertz CT molecular complexity index is 1100. The summed E-state index contributed by atoms with van der Waals surface area (Å²) in [5, 5.41) is 2.90. The van der Waals surface area contributed by atoms with Crippen LogP contribution in [0.5, 0.6) is 11.5 Å². The molecule has 9 heteroatoms. The van der Waals surface area contributed by atoms with Crippen molar-refractivity contribution in [3.63, 3.8) is 0 Å². The molecule has 1 unspecified atom stereocenters. The van der Waals surface area contributed by atoms with E-state index in [9.17, 15) is 13.2 Å². The number of benzene rings is 2. The van der Waals surface area contributed by atoms with Crippen LogP contribution in [-0.4, -0.2) is 33.0 Å². The van der Waals surface area contributed by atoms with Crippen LogP contribution in [0.2, 0.25) is 0 Å². The molecule has 2 aromatic carbocycles. The standard InChI is InChI=1S/C21H23N3O5S/c1-2-3-7-16(23-20-15-6-4-5-8-19(15)30(26,27)24-20)21(25)22-12-14-9-10-17-18(11-14)29-13-28-17/h4-6,8-11,16H,2-3,7,12-13H2,1H3,(H,22,25)(H,23,24). The minimum atomic E-state index is -3.65. The molecule has 2 N–H and O–H groups in total. The topological polar surface area (TPSA) is 106 Å². The van der Waals surface area contributed by atoms with Gasteiger partial charge in [0.05, 0.1) is 4.90 Å². The molecule has 4 rings (SSSR count). The van der Waals surface area contributed by atoms with E-state index in [1.54, 1.807) is 18.2 Å². The van der Waals surface area contributed by atoms with Gasteiger partial charge in [0.15, 0.2) is 11.5 Å². The number of sulfonamides is 1. The lowest BCUT2D eigenvalue weighted by Crippen LogP contribution is -2.35. The zero-order valence-corrected chi connectivity index (χ0v) is 17.4. The predicted molar refractivity (Wildman–Crippen MR) is 111 cm³/mol. The molecule has 30 heavy (non-hydrogen) atoms. The summed E-state index contributed by atoms with van der Waals surface area (Å²) in [6, 6.07) is 11.4. The van der Waals surface area contributed by atoms with Crippen molar-refractivity contribution in [2.24, 2.45) is 4.99 Å². The minimum Gasteiger partial charge on any atom is -0.454 e. The Hall–Kier alpha value is -3.07. The number of fused-ring (bicyclic) bond motifs is 2. The maximum atomic E-state index is 12.9. The van der Waals surface area contributed by atoms with Gasteiger partial charge in [-0.25, -0.2) is 8.42 Å². The van der Waals surface area contributed by atoms with Gasteiger partial charge in [0.1, 0.15) is 11.9 Å². The molecule has 0 fully saturated rings. The molecule has 0 radical (unpaired) electrons. The molecule has 8 nitrogen and oxygen atoms in total. The van der Waals surface area contributed by atoms with Crippen LogP contribution in [0.3, 0.4) is 0 Å². The summed E-state index contributed by atoms with van der Waals surface area (Å²) < 4.78 is 37.8. The van der Waals surface area contributed by atoms with Crippen molar-refractivity contribution in [3.8, 4) is 11.5 Å². The Kier molecular flexibility index (Phi) is 5.63. The van der Waals surface area contributed by atoms with E-state index < -0.39 is 16.1 Å². The van der Waals surface area contributed by atoms with Gasteiger partial charge in [-0.2, -0.15) is 0 Å². The molecule has 0 saturated heterocycles. The Balaban J connectivity index is 1.51. The number of unbranched alkanes of at least 4 members (excludes halogenated alkanes) is 1. The Morgan fingerprint density at radius 1 is 1.20 bits per heavy atom. The number of nitrogens with one attached hydrogen (secondary N) is 2. The first-order valence-electron chi connectivity index (χ1n) is 9.84. The number of carbonyl (C=O) groups excluding carboxylic acids is 1. The third-order valence-electron chi connectivity index (χ3n) is 4.99. The lowest BCUT2D eigenvalue weighted by atomic mass is 10.1. The van der Waals surface area contributed by atoms with Gasteiger partial charge in [-0.1, -0.05) is 38.0 Å². The fraction of sp³-hybridized carbons (Fsp3) is 0.333. The van der Waals surface area contributed by atoms with E-state index >= 15 is 0 Å². The van der Waals surface area contributed by atoms with E-state index in [1.807, 2.05) is 25.1 Å². The molecular formula is C21H23N3O5S. The third kappa shape index (κ3) is 4.11. The van der Waals surface area contributed by atoms with Gasteiger partial charge in [0.25, 0.3) is 10.0 Å². The van der Waals surface area contributed by atoms with Crippen molar-refractivity contribution >= 4 is 21.8 Å². The molecule has 2 heterocycles. The van der Waals surface area contributed by atoms with E-state index in [1.165, 1.54) is 6.07 Å². The van der Waals surface area contributed by atoms with Crippen molar-refractivity contribution in [1.29, 1.82) is 0 Å². The largest absolute Gasteiger partial charge is 0.454 e. The number of carbonyl (C=O) groups is 1. The average molecular weight is 429 g/mol. The quantitative estimate of drug-likeness (QED) is 0.703. The van der Waals surface area contributed by atoms with Crippen LogP contribution in [0, 0.1) is 0 Å². The van der Waals surface area contributed by atoms with E-state index in [2.05, 4.69) is 15.0 Å². The van der Waals surface area contributed by atoms with Crippen molar-refractivity contribution in [2.45, 2.75) is 43.7 Å². The van der Waals surface area contributed by atoms with Crippen LogP contribution in [0.1, 0.15) is 37.3 Å². The highest BCUT2D eigenvalue weighted by atomic mass is 32.2. The Morgan fingerprint density at radius 3 is 2.83 bits per heavy atom. The van der Waals surface area contributed by atoms with Gasteiger partial charge in [-0.15, -0.1) is 0 Å². The second kappa shape index (κ2) is 8.35. The minimum absolute atomic E-state index is 0.179. The molecule has 1 atom stereocenters. The summed E-state index contributed by atoms with van der Waals surface area (Å²) in [6.45, 7) is 2.53. The normalized spacial score (nSPS) is 18.0. The number of rotatable bonds is 7. The maximum Gasteiger partial charge on any atom is 0.263 e. The average Bonchev–Trinajstić information content (AvgIpc) is 3.31. The lowest BCUT2D eigenvalue weighted by Gasteiger charge is -2.14. The summed E-state index contributed by atoms with van der Waals surface area (Å²) in [6.07, 6.45) is 2.23. The number of amidine groups is 1. The maximum absolute atomic E-state index is 12.9. The first kappa shape index (κ1) is 20.2. The second-order valence-corrected chi connectivity index (χ2v) is 8.79. The smallest absolute Gasteiger partial charge is 0.263 e. The van der Waals surface area contributed by atoms with E-state index in [-0.39, 0.29) is 23.4 Å². The van der Waals surface area contributed by atoms with Gasteiger partial charge in [0, 0.05) is 12.1 Å². The number of amides is 1. The molecule has 0 aliphatic carbocycles. The van der Waals surface area contributed by atoms with Gasteiger partial charge in [-0.05, 0) is 36.2 Å². The number of hydrogen-bond acceptors (Lipinski definition) is 6. The highest BCUT2D eigenvalue weighted by Gasteiger charge is 2.31. The van der Waals surface area contributed by atoms with Crippen molar-refractivity contribution in [2.75, 3.05) is 6.79 Å². The summed E-state index contributed by atoms with van der Waals surface area (Å²) in [5.41, 5.74) is 1.36. The number of aliphatic imine (C=N–C) groups is 1. The van der Waals surface area contributed by atoms with Crippen LogP contribution in [-0.2, 0) is 21.4 Å². The van der Waals surface area contributed by atoms with Crippen molar-refractivity contribution in [3.05, 3.63) is 53.6 Å². The SMILES string of the molecule is CCCCC(N=C1NS(=O)(=O)c2ccccc21)C(=O)NCc1ccc2c(c1)OCO2. The fourth-order valence-electron chi connectivity index (χ4n) is 3.40. The van der Waals surface area contributed by atoms with E-state index in [0.29, 0.717) is 30.0 Å². The molecule has 0 spiro atoms. The highest BCUT2D eigenvalue weighted by Crippen LogP contribution is 2.32. The predicted octanol–water partition coefficient (Wildman–Crippen LogP) is 2.33. The molecule has 2 aliphatic heterocycles. The third-order valence-corrected chi connectivity index (χ3v) is 6.38. The van der Waals surface area contributed by atoms with Crippen LogP contribution in [0.25, 0.3) is 0 Å². The molecule has 2 aromatic rings. The fourth-order valence-corrected chi connectivity index (χ4v) is 4.63. The van der Waals surface area contributed by atoms with Crippen molar-refractivity contribution in [1.82, 2.24) is 10.0 Å². The van der Waals surface area contributed by atoms with E-state index in [4.69, 9.17) is 9.47 Å². The van der Waals surface area contributed by atoms with Crippen LogP contribution < -0.4 is 19.5 Å². The van der Waals surface area contributed by atoms with Crippen LogP contribution >= 0.6 is 0 Å². The molecule has 0 aromatic heterocycles. The van der Waals surface area contributed by atoms with E-state index in [0.717, 1.165) is 18.4 Å². The second-order valence-electron chi connectivity index (χ2n) is 7.14. The zero-order chi connectivity index (χ0) is 21.1. The van der Waals surface area contributed by atoms with Gasteiger partial charge in [-0.3, -0.25) is 14.5 Å². The molecule has 1 amide bonds. The van der Waals surface area contributed by atoms with Gasteiger partial charge < -0.3 is 14.8 Å². The Morgan fingerprint density at radius 2 is 2.00 bits per heavy atom. The summed E-state index contributed by atoms with van der Waals surface area (Å²) in [5.74, 6) is 1.30. The molecular weight excluding hydrogens is 406 g/mol. The first-order valence-corrected chi connectivity index (χ1v) is 11.3. The summed E-state index contributed by atoms with van der Waals surface area (Å²) >= 11 is 0. The lowest BCUT2D eigenvalue weighted by molar-refractivity contribution is -0.122. The zero-order valence-electron chi connectivity index (χ0n) is 16.6. The van der Waals surface area contributed by atoms with Crippen molar-refractivity contribution < 1.29 is 22.7 Å². The van der Waals surface area contributed by atoms with Gasteiger partial charge in [0.2, 0.25) is 12.7 Å². The monoisotopic (exact) mass is 429 g/mol. The molecule has 158 valence electrons. The first-order chi connectivity index (χ1) is 14.5. The molecule has 0 saturated carbocycles. The van der Waals surface area contributed by atoms with Crippen LogP contribution in [0.15, 0.2) is 52.4 Å². The summed E-state index contributed by atoms with van der Waals surface area (Å²) in [7, 11) is -3.65. The number of ether oxygens (including phenoxy) is 2. The number of hydrogen-bond donors (Lipinski definition) is 2. The number of nitrogens with zero attached hydrogens (tertiary/aromatic N) is 1. The summed E-state index contributed by atoms with van der Waals surface area (Å²) in [4.78, 5) is 17.5. The molecule has 0 bridgehead atoms. The Labute approximate surface area is 175 Å². The van der Waals surface area contributed by atoms with Gasteiger partial charge >= 0.3 is 0 Å². The van der Waals surface area contributed by atoms with Crippen LogP contribution in [0.4, 0.5) is 0 Å².